The minimum Gasteiger partial charge on any atom is -0.497 e. The topological polar surface area (TPSA) is 73.3 Å². The van der Waals surface area contributed by atoms with Crippen LogP contribution in [0.25, 0.3) is 10.9 Å². The highest BCUT2D eigenvalue weighted by Crippen LogP contribution is 2.17. The molecule has 25 heavy (non-hydrogen) atoms. The lowest BCUT2D eigenvalue weighted by atomic mass is 10.1. The second kappa shape index (κ2) is 7.61. The van der Waals surface area contributed by atoms with Crippen LogP contribution in [-0.4, -0.2) is 36.1 Å². The van der Waals surface area contributed by atoms with Crippen molar-refractivity contribution in [3.05, 3.63) is 60.0 Å². The van der Waals surface area contributed by atoms with Gasteiger partial charge in [-0.2, -0.15) is 0 Å². The molecule has 0 saturated carbocycles. The van der Waals surface area contributed by atoms with Crippen LogP contribution in [0.2, 0.25) is 0 Å². The number of nitrogens with one attached hydrogen (secondary N) is 1. The van der Waals surface area contributed by atoms with Crippen molar-refractivity contribution in [2.24, 2.45) is 0 Å². The number of aryl methyl sites for hydroxylation is 1. The van der Waals surface area contributed by atoms with Crippen LogP contribution in [0.5, 0.6) is 11.5 Å². The number of rotatable bonds is 6. The van der Waals surface area contributed by atoms with E-state index in [4.69, 9.17) is 9.47 Å². The summed E-state index contributed by atoms with van der Waals surface area (Å²) in [6.07, 6.45) is 0. The number of ether oxygens (including phenoxy) is 2. The molecule has 3 aromatic rings. The highest BCUT2D eigenvalue weighted by atomic mass is 16.5. The summed E-state index contributed by atoms with van der Waals surface area (Å²) in [4.78, 5) is 21.1. The number of carbonyl (C=O) groups excluding carboxylic acids is 1. The molecule has 1 amide bonds. The largest absolute Gasteiger partial charge is 0.497 e. The molecule has 0 unspecified atom stereocenters. The number of nitrogens with zero attached hydrogens (tertiary/aromatic N) is 2. The zero-order valence-corrected chi connectivity index (χ0v) is 14.2. The van der Waals surface area contributed by atoms with E-state index >= 15 is 0 Å². The summed E-state index contributed by atoms with van der Waals surface area (Å²) in [5, 5.41) is 3.57. The van der Waals surface area contributed by atoms with Crippen molar-refractivity contribution >= 4 is 16.8 Å². The summed E-state index contributed by atoms with van der Waals surface area (Å²) in [5.41, 5.74) is 1.14. The number of hydrogen-bond donors (Lipinski definition) is 1. The molecule has 6 heteroatoms. The van der Waals surface area contributed by atoms with Gasteiger partial charge in [-0.1, -0.05) is 18.2 Å². The Labute approximate surface area is 145 Å². The van der Waals surface area contributed by atoms with Gasteiger partial charge in [0.05, 0.1) is 19.2 Å². The first-order chi connectivity index (χ1) is 12.2. The van der Waals surface area contributed by atoms with E-state index in [0.29, 0.717) is 24.7 Å². The number of para-hydroxylation sites is 1. The van der Waals surface area contributed by atoms with Gasteiger partial charge >= 0.3 is 0 Å². The number of methoxy groups -OCH3 is 1. The summed E-state index contributed by atoms with van der Waals surface area (Å²) in [7, 11) is 1.62. The average Bonchev–Trinajstić information content (AvgIpc) is 2.64. The lowest BCUT2D eigenvalue weighted by Gasteiger charge is -2.09. The van der Waals surface area contributed by atoms with E-state index in [1.165, 1.54) is 0 Å². The summed E-state index contributed by atoms with van der Waals surface area (Å²) < 4.78 is 10.7. The number of aromatic nitrogens is 2. The highest BCUT2D eigenvalue weighted by molar-refractivity contribution is 6.04. The van der Waals surface area contributed by atoms with Crippen LogP contribution in [0.3, 0.4) is 0 Å². The van der Waals surface area contributed by atoms with Gasteiger partial charge in [0.2, 0.25) is 0 Å². The molecule has 0 radical (unpaired) electrons. The van der Waals surface area contributed by atoms with Gasteiger partial charge in [0.15, 0.2) is 0 Å². The zero-order valence-electron chi connectivity index (χ0n) is 14.2. The minimum absolute atomic E-state index is 0.236. The van der Waals surface area contributed by atoms with E-state index in [1.54, 1.807) is 14.0 Å². The molecule has 1 heterocycles. The summed E-state index contributed by atoms with van der Waals surface area (Å²) in [6.45, 7) is 2.51. The fourth-order valence-electron chi connectivity index (χ4n) is 2.45. The van der Waals surface area contributed by atoms with Crippen molar-refractivity contribution in [2.45, 2.75) is 6.92 Å². The molecule has 2 aromatic carbocycles. The van der Waals surface area contributed by atoms with Crippen LogP contribution in [0.15, 0.2) is 48.5 Å². The Morgan fingerprint density at radius 2 is 1.76 bits per heavy atom. The zero-order chi connectivity index (χ0) is 17.6. The Morgan fingerprint density at radius 1 is 1.04 bits per heavy atom. The van der Waals surface area contributed by atoms with Gasteiger partial charge in [-0.15, -0.1) is 0 Å². The lowest BCUT2D eigenvalue weighted by Crippen LogP contribution is -2.29. The molecule has 6 nitrogen and oxygen atoms in total. The van der Waals surface area contributed by atoms with Gasteiger partial charge in [0.25, 0.3) is 5.91 Å². The Kier molecular flexibility index (Phi) is 5.09. The third kappa shape index (κ3) is 4.03. The molecule has 1 N–H and O–H groups in total. The second-order valence-corrected chi connectivity index (χ2v) is 5.42. The standard InChI is InChI=1S/C19H19N3O3/c1-13-21-17-6-4-3-5-16(17)18(22-13)19(23)20-11-12-25-15-9-7-14(24-2)8-10-15/h3-10H,11-12H2,1-2H3,(H,20,23). The maximum absolute atomic E-state index is 12.4. The fraction of sp³-hybridized carbons (Fsp3) is 0.211. The highest BCUT2D eigenvalue weighted by Gasteiger charge is 2.13. The van der Waals surface area contributed by atoms with Gasteiger partial charge in [-0.3, -0.25) is 4.79 Å². The molecule has 0 aliphatic heterocycles. The van der Waals surface area contributed by atoms with Crippen LogP contribution in [0.4, 0.5) is 0 Å². The van der Waals surface area contributed by atoms with Crippen LogP contribution in [-0.2, 0) is 0 Å². The predicted octanol–water partition coefficient (Wildman–Crippen LogP) is 2.76. The maximum Gasteiger partial charge on any atom is 0.270 e. The molecule has 0 fully saturated rings. The number of carbonyl (C=O) groups is 1. The lowest BCUT2D eigenvalue weighted by molar-refractivity contribution is 0.0943. The van der Waals surface area contributed by atoms with Crippen LogP contribution in [0, 0.1) is 6.92 Å². The van der Waals surface area contributed by atoms with Gasteiger partial charge in [-0.05, 0) is 37.3 Å². The smallest absolute Gasteiger partial charge is 0.270 e. The first-order valence-corrected chi connectivity index (χ1v) is 7.96. The van der Waals surface area contributed by atoms with E-state index in [-0.39, 0.29) is 5.91 Å². The van der Waals surface area contributed by atoms with E-state index in [9.17, 15) is 4.79 Å². The van der Waals surface area contributed by atoms with Gasteiger partial charge in [0, 0.05) is 5.39 Å². The van der Waals surface area contributed by atoms with E-state index < -0.39 is 0 Å². The Morgan fingerprint density at radius 3 is 2.52 bits per heavy atom. The third-order valence-corrected chi connectivity index (χ3v) is 3.65. The van der Waals surface area contributed by atoms with Crippen LogP contribution in [0.1, 0.15) is 16.3 Å². The first kappa shape index (κ1) is 16.7. The average molecular weight is 337 g/mol. The van der Waals surface area contributed by atoms with Crippen molar-refractivity contribution in [2.75, 3.05) is 20.3 Å². The number of fused-ring (bicyclic) bond motifs is 1. The Bertz CT molecular complexity index is 879. The molecule has 0 aliphatic rings. The number of benzene rings is 2. The molecule has 0 atom stereocenters. The second-order valence-electron chi connectivity index (χ2n) is 5.42. The molecule has 0 spiro atoms. The SMILES string of the molecule is COc1ccc(OCCNC(=O)c2nc(C)nc3ccccc23)cc1. The van der Waals surface area contributed by atoms with E-state index in [2.05, 4.69) is 15.3 Å². The number of hydrogen-bond acceptors (Lipinski definition) is 5. The van der Waals surface area contributed by atoms with E-state index in [0.717, 1.165) is 22.4 Å². The predicted molar refractivity (Wildman–Crippen MR) is 95.1 cm³/mol. The molecule has 3 rings (SSSR count). The van der Waals surface area contributed by atoms with E-state index in [1.807, 2.05) is 48.5 Å². The van der Waals surface area contributed by atoms with Crippen LogP contribution < -0.4 is 14.8 Å². The number of amides is 1. The van der Waals surface area contributed by atoms with Crippen molar-refractivity contribution in [3.63, 3.8) is 0 Å². The van der Waals surface area contributed by atoms with Crippen molar-refractivity contribution in [1.29, 1.82) is 0 Å². The molecule has 0 aliphatic carbocycles. The van der Waals surface area contributed by atoms with Gasteiger partial charge < -0.3 is 14.8 Å². The summed E-state index contributed by atoms with van der Waals surface area (Å²) in [6, 6.07) is 14.8. The van der Waals surface area contributed by atoms with Crippen molar-refractivity contribution in [3.8, 4) is 11.5 Å². The minimum atomic E-state index is -0.236. The quantitative estimate of drug-likeness (QED) is 0.700. The third-order valence-electron chi connectivity index (χ3n) is 3.65. The molecule has 0 bridgehead atoms. The summed E-state index contributed by atoms with van der Waals surface area (Å²) >= 11 is 0. The van der Waals surface area contributed by atoms with Crippen LogP contribution >= 0.6 is 0 Å². The molecular weight excluding hydrogens is 318 g/mol. The Balaban J connectivity index is 1.59. The molecule has 128 valence electrons. The summed E-state index contributed by atoms with van der Waals surface area (Å²) in [5.74, 6) is 1.82. The van der Waals surface area contributed by atoms with Gasteiger partial charge in [0.1, 0.15) is 29.6 Å². The monoisotopic (exact) mass is 337 g/mol. The van der Waals surface area contributed by atoms with Crippen molar-refractivity contribution < 1.29 is 14.3 Å². The van der Waals surface area contributed by atoms with Crippen molar-refractivity contribution in [1.82, 2.24) is 15.3 Å². The molecule has 1 aromatic heterocycles. The fourth-order valence-corrected chi connectivity index (χ4v) is 2.45. The normalized spacial score (nSPS) is 10.5. The van der Waals surface area contributed by atoms with Gasteiger partial charge in [-0.25, -0.2) is 9.97 Å². The Hall–Kier alpha value is -3.15. The molecular formula is C19H19N3O3. The maximum atomic E-state index is 12.4. The first-order valence-electron chi connectivity index (χ1n) is 7.96. The molecule has 0 saturated heterocycles.